The van der Waals surface area contributed by atoms with Crippen molar-refractivity contribution in [1.29, 1.82) is 0 Å². The van der Waals surface area contributed by atoms with Crippen molar-refractivity contribution >= 4 is 12.4 Å². The second kappa shape index (κ2) is 5.74. The maximum absolute atomic E-state index is 6.27. The molecular weight excluding hydrogens is 234 g/mol. The van der Waals surface area contributed by atoms with E-state index < -0.39 is 0 Å². The minimum absolute atomic E-state index is 0. The van der Waals surface area contributed by atoms with Crippen LogP contribution in [0.4, 0.5) is 0 Å². The molecule has 0 heterocycles. The standard InChI is InChI=1S/C14H21NO.ClH/c1-9(2)11-6-7-13(16-3)12(8-11)14(15)10-4-5-10;/h6-10,14H,4-5,15H2,1-3H3;1H/t14-;/m1./s1. The van der Waals surface area contributed by atoms with Gasteiger partial charge < -0.3 is 10.5 Å². The molecule has 1 saturated carbocycles. The van der Waals surface area contributed by atoms with Crippen molar-refractivity contribution in [3.63, 3.8) is 0 Å². The van der Waals surface area contributed by atoms with Crippen molar-refractivity contribution in [2.24, 2.45) is 11.7 Å². The number of halogens is 1. The van der Waals surface area contributed by atoms with Crippen molar-refractivity contribution in [2.45, 2.75) is 38.6 Å². The second-order valence-electron chi connectivity index (χ2n) is 5.02. The van der Waals surface area contributed by atoms with Crippen molar-refractivity contribution in [2.75, 3.05) is 7.11 Å². The first-order chi connectivity index (χ1) is 7.63. The Morgan fingerprint density at radius 1 is 1.29 bits per heavy atom. The first kappa shape index (κ1) is 14.3. The van der Waals surface area contributed by atoms with E-state index in [2.05, 4.69) is 26.0 Å². The van der Waals surface area contributed by atoms with Gasteiger partial charge in [-0.15, -0.1) is 12.4 Å². The van der Waals surface area contributed by atoms with Gasteiger partial charge in [-0.05, 0) is 36.3 Å². The largest absolute Gasteiger partial charge is 0.496 e. The van der Waals surface area contributed by atoms with E-state index >= 15 is 0 Å². The summed E-state index contributed by atoms with van der Waals surface area (Å²) in [5.41, 5.74) is 8.78. The summed E-state index contributed by atoms with van der Waals surface area (Å²) in [4.78, 5) is 0. The molecule has 2 rings (SSSR count). The molecular formula is C14H22ClNO. The molecule has 1 aliphatic rings. The second-order valence-corrected chi connectivity index (χ2v) is 5.02. The number of ether oxygens (including phenoxy) is 1. The van der Waals surface area contributed by atoms with E-state index in [1.54, 1.807) is 7.11 Å². The highest BCUT2D eigenvalue weighted by atomic mass is 35.5. The highest BCUT2D eigenvalue weighted by molar-refractivity contribution is 5.85. The molecule has 0 radical (unpaired) electrons. The lowest BCUT2D eigenvalue weighted by Crippen LogP contribution is -2.14. The Labute approximate surface area is 110 Å². The zero-order valence-corrected chi connectivity index (χ0v) is 11.6. The molecule has 1 atom stereocenters. The molecule has 0 amide bonds. The Kier molecular flexibility index (Phi) is 4.84. The molecule has 0 unspecified atom stereocenters. The van der Waals surface area contributed by atoms with Crippen LogP contribution in [0.2, 0.25) is 0 Å². The molecule has 96 valence electrons. The summed E-state index contributed by atoms with van der Waals surface area (Å²) >= 11 is 0. The van der Waals surface area contributed by atoms with Crippen molar-refractivity contribution < 1.29 is 4.74 Å². The minimum atomic E-state index is 0. The van der Waals surface area contributed by atoms with Gasteiger partial charge in [-0.25, -0.2) is 0 Å². The van der Waals surface area contributed by atoms with Crippen LogP contribution in [0.1, 0.15) is 49.8 Å². The van der Waals surface area contributed by atoms with E-state index in [0.717, 1.165) is 5.75 Å². The molecule has 0 aliphatic heterocycles. The summed E-state index contributed by atoms with van der Waals surface area (Å²) in [5.74, 6) is 2.14. The smallest absolute Gasteiger partial charge is 0.123 e. The Bertz CT molecular complexity index is 374. The molecule has 2 nitrogen and oxygen atoms in total. The fourth-order valence-electron chi connectivity index (χ4n) is 2.08. The number of nitrogens with two attached hydrogens (primary N) is 1. The number of methoxy groups -OCH3 is 1. The quantitative estimate of drug-likeness (QED) is 0.891. The van der Waals surface area contributed by atoms with Crippen LogP contribution >= 0.6 is 12.4 Å². The minimum Gasteiger partial charge on any atom is -0.496 e. The van der Waals surface area contributed by atoms with Gasteiger partial charge in [0.2, 0.25) is 0 Å². The van der Waals surface area contributed by atoms with E-state index in [0.29, 0.717) is 11.8 Å². The third-order valence-electron chi connectivity index (χ3n) is 3.41. The molecule has 1 aromatic carbocycles. The number of benzene rings is 1. The van der Waals surface area contributed by atoms with Gasteiger partial charge in [0.25, 0.3) is 0 Å². The SMILES string of the molecule is COc1ccc(C(C)C)cc1[C@H](N)C1CC1.Cl. The van der Waals surface area contributed by atoms with E-state index in [4.69, 9.17) is 10.5 Å². The Hall–Kier alpha value is -0.730. The Morgan fingerprint density at radius 3 is 2.41 bits per heavy atom. The van der Waals surface area contributed by atoms with Crippen molar-refractivity contribution in [1.82, 2.24) is 0 Å². The van der Waals surface area contributed by atoms with Gasteiger partial charge in [-0.3, -0.25) is 0 Å². The zero-order valence-electron chi connectivity index (χ0n) is 10.8. The highest BCUT2D eigenvalue weighted by Gasteiger charge is 2.31. The summed E-state index contributed by atoms with van der Waals surface area (Å²) in [6.45, 7) is 4.41. The van der Waals surface area contributed by atoms with E-state index in [-0.39, 0.29) is 18.4 Å². The van der Waals surface area contributed by atoms with Crippen molar-refractivity contribution in [3.05, 3.63) is 29.3 Å². The topological polar surface area (TPSA) is 35.2 Å². The third-order valence-corrected chi connectivity index (χ3v) is 3.41. The normalized spacial score (nSPS) is 16.5. The van der Waals surface area contributed by atoms with Crippen LogP contribution in [0.5, 0.6) is 5.75 Å². The fraction of sp³-hybridized carbons (Fsp3) is 0.571. The van der Waals surface area contributed by atoms with E-state index in [1.165, 1.54) is 24.0 Å². The monoisotopic (exact) mass is 255 g/mol. The first-order valence-corrected chi connectivity index (χ1v) is 6.07. The van der Waals surface area contributed by atoms with Gasteiger partial charge in [-0.2, -0.15) is 0 Å². The molecule has 1 aliphatic carbocycles. The molecule has 1 fully saturated rings. The van der Waals surface area contributed by atoms with Crippen LogP contribution in [0.25, 0.3) is 0 Å². The van der Waals surface area contributed by atoms with Gasteiger partial charge in [0.15, 0.2) is 0 Å². The van der Waals surface area contributed by atoms with Crippen LogP contribution in [0.3, 0.4) is 0 Å². The van der Waals surface area contributed by atoms with Crippen LogP contribution in [0.15, 0.2) is 18.2 Å². The van der Waals surface area contributed by atoms with Crippen LogP contribution in [-0.2, 0) is 0 Å². The summed E-state index contributed by atoms with van der Waals surface area (Å²) in [6.07, 6.45) is 2.52. The summed E-state index contributed by atoms with van der Waals surface area (Å²) in [5, 5.41) is 0. The summed E-state index contributed by atoms with van der Waals surface area (Å²) < 4.78 is 5.40. The average molecular weight is 256 g/mol. The van der Waals surface area contributed by atoms with Crippen LogP contribution in [0, 0.1) is 5.92 Å². The Morgan fingerprint density at radius 2 is 1.94 bits per heavy atom. The maximum Gasteiger partial charge on any atom is 0.123 e. The summed E-state index contributed by atoms with van der Waals surface area (Å²) in [7, 11) is 1.72. The summed E-state index contributed by atoms with van der Waals surface area (Å²) in [6, 6.07) is 6.54. The van der Waals surface area contributed by atoms with Crippen molar-refractivity contribution in [3.8, 4) is 5.75 Å². The predicted molar refractivity (Wildman–Crippen MR) is 74.0 cm³/mol. The van der Waals surface area contributed by atoms with E-state index in [9.17, 15) is 0 Å². The molecule has 0 spiro atoms. The van der Waals surface area contributed by atoms with Gasteiger partial charge in [0.05, 0.1) is 7.11 Å². The lowest BCUT2D eigenvalue weighted by Gasteiger charge is -2.17. The van der Waals surface area contributed by atoms with Gasteiger partial charge in [0, 0.05) is 11.6 Å². The number of rotatable bonds is 4. The molecule has 17 heavy (non-hydrogen) atoms. The number of hydrogen-bond donors (Lipinski definition) is 1. The lowest BCUT2D eigenvalue weighted by molar-refractivity contribution is 0.402. The predicted octanol–water partition coefficient (Wildman–Crippen LogP) is 3.65. The molecule has 0 saturated heterocycles. The fourth-order valence-corrected chi connectivity index (χ4v) is 2.08. The highest BCUT2D eigenvalue weighted by Crippen LogP contribution is 2.42. The molecule has 0 bridgehead atoms. The first-order valence-electron chi connectivity index (χ1n) is 6.07. The van der Waals surface area contributed by atoms with Gasteiger partial charge >= 0.3 is 0 Å². The van der Waals surface area contributed by atoms with Crippen LogP contribution < -0.4 is 10.5 Å². The van der Waals surface area contributed by atoms with Gasteiger partial charge in [-0.1, -0.05) is 26.0 Å². The molecule has 0 aromatic heterocycles. The number of hydrogen-bond acceptors (Lipinski definition) is 2. The zero-order chi connectivity index (χ0) is 11.7. The lowest BCUT2D eigenvalue weighted by atomic mass is 9.95. The Balaban J connectivity index is 0.00000144. The third kappa shape index (κ3) is 3.14. The van der Waals surface area contributed by atoms with E-state index in [1.807, 2.05) is 6.07 Å². The molecule has 3 heteroatoms. The maximum atomic E-state index is 6.27. The molecule has 1 aromatic rings. The molecule has 2 N–H and O–H groups in total. The van der Waals surface area contributed by atoms with Crippen LogP contribution in [-0.4, -0.2) is 7.11 Å². The average Bonchev–Trinajstić information content (AvgIpc) is 3.11. The van der Waals surface area contributed by atoms with Gasteiger partial charge in [0.1, 0.15) is 5.75 Å².